The van der Waals surface area contributed by atoms with Gasteiger partial charge in [0.1, 0.15) is 19.0 Å². The third kappa shape index (κ3) is 7.12. The van der Waals surface area contributed by atoms with Crippen LogP contribution in [0, 0.1) is 0 Å². The fourth-order valence-electron chi connectivity index (χ4n) is 3.63. The Hall–Kier alpha value is -3.77. The molecule has 0 aliphatic heterocycles. The first-order chi connectivity index (χ1) is 17.6. The maximum atomic E-state index is 12.9. The van der Waals surface area contributed by atoms with Gasteiger partial charge in [-0.1, -0.05) is 72.8 Å². The van der Waals surface area contributed by atoms with Crippen molar-refractivity contribution in [3.8, 4) is 17.2 Å². The van der Waals surface area contributed by atoms with Crippen LogP contribution < -0.4 is 19.5 Å². The van der Waals surface area contributed by atoms with Gasteiger partial charge in [0, 0.05) is 11.0 Å². The zero-order valence-corrected chi connectivity index (χ0v) is 21.7. The molecule has 0 aromatic heterocycles. The lowest BCUT2D eigenvalue weighted by Crippen LogP contribution is -2.26. The van der Waals surface area contributed by atoms with Crippen LogP contribution in [0.4, 0.5) is 0 Å². The Labute approximate surface area is 220 Å². The molecule has 0 heterocycles. The molecule has 1 amide bonds. The van der Waals surface area contributed by atoms with Crippen LogP contribution in [0.2, 0.25) is 0 Å². The highest BCUT2D eigenvalue weighted by atomic mass is 79.9. The van der Waals surface area contributed by atoms with E-state index in [0.717, 1.165) is 22.4 Å². The van der Waals surface area contributed by atoms with Crippen LogP contribution in [-0.2, 0) is 19.6 Å². The van der Waals surface area contributed by atoms with E-state index in [0.29, 0.717) is 47.7 Å². The Bertz CT molecular complexity index is 1260. The van der Waals surface area contributed by atoms with Crippen molar-refractivity contribution in [3.05, 3.63) is 124 Å². The third-order valence-corrected chi connectivity index (χ3v) is 6.26. The molecule has 0 unspecified atom stereocenters. The number of carbonyl (C=O) groups excluding carboxylic acids is 1. The third-order valence-electron chi connectivity index (χ3n) is 5.61. The SMILES string of the molecule is COc1cc(Br)c(C(=O)NCCc2ccc(OCc3ccccc3)cc2)cc1OCc1ccccc1. The van der Waals surface area contributed by atoms with Crippen molar-refractivity contribution in [2.24, 2.45) is 0 Å². The van der Waals surface area contributed by atoms with E-state index in [9.17, 15) is 4.79 Å². The highest BCUT2D eigenvalue weighted by molar-refractivity contribution is 9.10. The van der Waals surface area contributed by atoms with Crippen LogP contribution in [0.25, 0.3) is 0 Å². The van der Waals surface area contributed by atoms with E-state index in [-0.39, 0.29) is 5.91 Å². The van der Waals surface area contributed by atoms with E-state index in [1.54, 1.807) is 19.2 Å². The standard InChI is InChI=1S/C30H28BrNO4/c1-34-28-19-27(31)26(18-29(28)36-21-24-10-6-3-7-11-24)30(33)32-17-16-22-12-14-25(15-13-22)35-20-23-8-4-2-5-9-23/h2-15,18-19H,16-17,20-21H2,1H3,(H,32,33). The van der Waals surface area contributed by atoms with E-state index in [1.807, 2.05) is 84.9 Å². The van der Waals surface area contributed by atoms with Crippen molar-refractivity contribution in [1.82, 2.24) is 5.32 Å². The lowest BCUT2D eigenvalue weighted by atomic mass is 10.1. The van der Waals surface area contributed by atoms with Gasteiger partial charge in [-0.3, -0.25) is 4.79 Å². The number of ether oxygens (including phenoxy) is 3. The molecular weight excluding hydrogens is 518 g/mol. The van der Waals surface area contributed by atoms with Crippen molar-refractivity contribution in [1.29, 1.82) is 0 Å². The summed E-state index contributed by atoms with van der Waals surface area (Å²) in [4.78, 5) is 12.9. The molecule has 36 heavy (non-hydrogen) atoms. The molecule has 184 valence electrons. The normalized spacial score (nSPS) is 10.5. The summed E-state index contributed by atoms with van der Waals surface area (Å²) in [6.45, 7) is 1.41. The summed E-state index contributed by atoms with van der Waals surface area (Å²) >= 11 is 3.48. The highest BCUT2D eigenvalue weighted by Gasteiger charge is 2.16. The first-order valence-electron chi connectivity index (χ1n) is 11.7. The van der Waals surface area contributed by atoms with Gasteiger partial charge < -0.3 is 19.5 Å². The van der Waals surface area contributed by atoms with E-state index >= 15 is 0 Å². The molecule has 0 radical (unpaired) electrons. The predicted octanol–water partition coefficient (Wildman–Crippen LogP) is 6.59. The van der Waals surface area contributed by atoms with E-state index in [2.05, 4.69) is 21.2 Å². The van der Waals surface area contributed by atoms with Gasteiger partial charge in [-0.25, -0.2) is 0 Å². The van der Waals surface area contributed by atoms with Crippen molar-refractivity contribution < 1.29 is 19.0 Å². The Kier molecular flexibility index (Phi) is 9.00. The molecule has 0 atom stereocenters. The Balaban J connectivity index is 1.31. The summed E-state index contributed by atoms with van der Waals surface area (Å²) in [7, 11) is 1.58. The average Bonchev–Trinajstić information content (AvgIpc) is 2.92. The van der Waals surface area contributed by atoms with E-state index in [4.69, 9.17) is 14.2 Å². The summed E-state index contributed by atoms with van der Waals surface area (Å²) in [5, 5.41) is 2.99. The number of halogens is 1. The summed E-state index contributed by atoms with van der Waals surface area (Å²) < 4.78 is 17.9. The molecule has 1 N–H and O–H groups in total. The Morgan fingerprint density at radius 2 is 1.36 bits per heavy atom. The molecule has 0 fully saturated rings. The summed E-state index contributed by atoms with van der Waals surface area (Å²) in [5.74, 6) is 1.71. The van der Waals surface area contributed by atoms with E-state index < -0.39 is 0 Å². The minimum Gasteiger partial charge on any atom is -0.493 e. The van der Waals surface area contributed by atoms with Gasteiger partial charge in [0.05, 0.1) is 12.7 Å². The fraction of sp³-hybridized carbons (Fsp3) is 0.167. The second-order valence-electron chi connectivity index (χ2n) is 8.18. The first-order valence-corrected chi connectivity index (χ1v) is 12.5. The van der Waals surface area contributed by atoms with Gasteiger partial charge in [-0.2, -0.15) is 0 Å². The van der Waals surface area contributed by atoms with Crippen LogP contribution in [-0.4, -0.2) is 19.6 Å². The highest BCUT2D eigenvalue weighted by Crippen LogP contribution is 2.34. The molecule has 0 aliphatic carbocycles. The van der Waals surface area contributed by atoms with Crippen LogP contribution in [0.3, 0.4) is 0 Å². The number of amides is 1. The van der Waals surface area contributed by atoms with Gasteiger partial charge in [-0.15, -0.1) is 0 Å². The molecule has 0 saturated heterocycles. The second-order valence-corrected chi connectivity index (χ2v) is 9.04. The van der Waals surface area contributed by atoms with Crippen molar-refractivity contribution in [2.75, 3.05) is 13.7 Å². The number of carbonyl (C=O) groups is 1. The molecule has 4 aromatic carbocycles. The van der Waals surface area contributed by atoms with Gasteiger partial charge >= 0.3 is 0 Å². The summed E-state index contributed by atoms with van der Waals surface area (Å²) in [6, 6.07) is 31.3. The van der Waals surface area contributed by atoms with Crippen molar-refractivity contribution in [3.63, 3.8) is 0 Å². The predicted molar refractivity (Wildman–Crippen MR) is 145 cm³/mol. The quantitative estimate of drug-likeness (QED) is 0.231. The minimum absolute atomic E-state index is 0.183. The fourth-order valence-corrected chi connectivity index (χ4v) is 4.13. The largest absolute Gasteiger partial charge is 0.493 e. The molecule has 4 aromatic rings. The molecule has 6 heteroatoms. The topological polar surface area (TPSA) is 56.8 Å². The Morgan fingerprint density at radius 3 is 1.97 bits per heavy atom. The van der Waals surface area contributed by atoms with Crippen LogP contribution in [0.1, 0.15) is 27.0 Å². The van der Waals surface area contributed by atoms with E-state index in [1.165, 1.54) is 0 Å². The number of nitrogens with one attached hydrogen (secondary N) is 1. The molecule has 0 spiro atoms. The van der Waals surface area contributed by atoms with Crippen LogP contribution in [0.15, 0.2) is 102 Å². The van der Waals surface area contributed by atoms with Gasteiger partial charge in [-0.05, 0) is 63.3 Å². The zero-order chi connectivity index (χ0) is 25.2. The first kappa shape index (κ1) is 25.3. The van der Waals surface area contributed by atoms with Crippen molar-refractivity contribution >= 4 is 21.8 Å². The zero-order valence-electron chi connectivity index (χ0n) is 20.1. The molecular formula is C30H28BrNO4. The lowest BCUT2D eigenvalue weighted by molar-refractivity contribution is 0.0952. The number of benzene rings is 4. The molecule has 5 nitrogen and oxygen atoms in total. The minimum atomic E-state index is -0.183. The number of methoxy groups -OCH3 is 1. The second kappa shape index (κ2) is 12.8. The average molecular weight is 546 g/mol. The number of hydrogen-bond acceptors (Lipinski definition) is 4. The molecule has 0 saturated carbocycles. The smallest absolute Gasteiger partial charge is 0.252 e. The summed E-state index contributed by atoms with van der Waals surface area (Å²) in [6.07, 6.45) is 0.704. The lowest BCUT2D eigenvalue weighted by Gasteiger charge is -2.14. The summed E-state index contributed by atoms with van der Waals surface area (Å²) in [5.41, 5.74) is 3.76. The number of hydrogen-bond donors (Lipinski definition) is 1. The van der Waals surface area contributed by atoms with Gasteiger partial charge in [0.2, 0.25) is 0 Å². The maximum Gasteiger partial charge on any atom is 0.252 e. The van der Waals surface area contributed by atoms with Crippen molar-refractivity contribution in [2.45, 2.75) is 19.6 Å². The monoisotopic (exact) mass is 545 g/mol. The van der Waals surface area contributed by atoms with Gasteiger partial charge in [0.15, 0.2) is 11.5 Å². The van der Waals surface area contributed by atoms with Crippen LogP contribution >= 0.6 is 15.9 Å². The molecule has 0 bridgehead atoms. The number of rotatable bonds is 11. The molecule has 0 aliphatic rings. The van der Waals surface area contributed by atoms with Crippen LogP contribution in [0.5, 0.6) is 17.2 Å². The Morgan fingerprint density at radius 1 is 0.750 bits per heavy atom. The molecule has 4 rings (SSSR count). The maximum absolute atomic E-state index is 12.9. The van der Waals surface area contributed by atoms with Gasteiger partial charge in [0.25, 0.3) is 5.91 Å².